The fraction of sp³-hybridized carbons (Fsp3) is 0.471. The topological polar surface area (TPSA) is 89.9 Å². The quantitative estimate of drug-likeness (QED) is 0.290. The van der Waals surface area contributed by atoms with Crippen LogP contribution in [0.3, 0.4) is 0 Å². The number of hydrogen-bond acceptors (Lipinski definition) is 5. The number of rotatable bonds is 7. The first kappa shape index (κ1) is 22.5. The van der Waals surface area contributed by atoms with E-state index >= 15 is 0 Å². The molecule has 0 aliphatic rings. The van der Waals surface area contributed by atoms with Crippen molar-refractivity contribution in [3.8, 4) is 5.75 Å². The second-order valence-corrected chi connectivity index (χ2v) is 6.90. The highest BCUT2D eigenvalue weighted by Crippen LogP contribution is 2.40. The lowest BCUT2D eigenvalue weighted by molar-refractivity contribution is -0.158. The van der Waals surface area contributed by atoms with E-state index in [0.717, 1.165) is 18.9 Å². The first-order valence-corrected chi connectivity index (χ1v) is 9.06. The molecule has 0 heterocycles. The van der Waals surface area contributed by atoms with Crippen LogP contribution >= 0.6 is 34.8 Å². The minimum absolute atomic E-state index is 0.0632. The molecule has 0 fully saturated rings. The maximum absolute atomic E-state index is 12.5. The molecule has 1 unspecified atom stereocenters. The molecule has 1 N–H and O–H groups in total. The molecule has 26 heavy (non-hydrogen) atoms. The van der Waals surface area contributed by atoms with E-state index in [9.17, 15) is 14.4 Å². The second kappa shape index (κ2) is 10.00. The molecule has 0 bridgehead atoms. The van der Waals surface area contributed by atoms with Crippen molar-refractivity contribution in [1.82, 2.24) is 0 Å². The Kier molecular flexibility index (Phi) is 8.67. The van der Waals surface area contributed by atoms with E-state index in [1.807, 2.05) is 20.8 Å². The van der Waals surface area contributed by atoms with Crippen LogP contribution in [0.2, 0.25) is 15.1 Å². The summed E-state index contributed by atoms with van der Waals surface area (Å²) in [5, 5.41) is 8.14. The summed E-state index contributed by atoms with van der Waals surface area (Å²) < 4.78 is 9.95. The van der Waals surface area contributed by atoms with Crippen LogP contribution in [0.5, 0.6) is 5.75 Å². The van der Waals surface area contributed by atoms with Gasteiger partial charge in [-0.3, -0.25) is 0 Å². The van der Waals surface area contributed by atoms with Crippen LogP contribution in [0.15, 0.2) is 6.07 Å². The Hall–Kier alpha value is -1.50. The third-order valence-electron chi connectivity index (χ3n) is 4.03. The zero-order valence-corrected chi connectivity index (χ0v) is 16.7. The number of aliphatic carboxylic acids is 1. The van der Waals surface area contributed by atoms with E-state index in [1.54, 1.807) is 0 Å². The van der Waals surface area contributed by atoms with Crippen LogP contribution in [-0.2, 0) is 14.3 Å². The lowest BCUT2D eigenvalue weighted by Crippen LogP contribution is -2.22. The highest BCUT2D eigenvalue weighted by atomic mass is 35.5. The zero-order valence-electron chi connectivity index (χ0n) is 14.5. The van der Waals surface area contributed by atoms with Crippen molar-refractivity contribution in [2.24, 2.45) is 11.8 Å². The normalized spacial score (nSPS) is 12.0. The molecule has 1 aromatic rings. The Labute approximate surface area is 166 Å². The minimum Gasteiger partial charge on any atom is -0.473 e. The van der Waals surface area contributed by atoms with E-state index < -0.39 is 29.2 Å². The predicted octanol–water partition coefficient (Wildman–Crippen LogP) is 4.87. The van der Waals surface area contributed by atoms with Gasteiger partial charge in [-0.25, -0.2) is 14.4 Å². The molecule has 1 rings (SSSR count). The van der Waals surface area contributed by atoms with Crippen LogP contribution in [0.4, 0.5) is 0 Å². The summed E-state index contributed by atoms with van der Waals surface area (Å²) in [5.41, 5.74) is -0.393. The SMILES string of the molecule is CCC(CC)C(C)COC(=O)c1c(Cl)c(Cl)cc(Cl)c1OC(=O)C(=O)O. The van der Waals surface area contributed by atoms with Gasteiger partial charge in [-0.2, -0.15) is 0 Å². The highest BCUT2D eigenvalue weighted by molar-refractivity contribution is 6.46. The van der Waals surface area contributed by atoms with Gasteiger partial charge in [0, 0.05) is 0 Å². The predicted molar refractivity (Wildman–Crippen MR) is 98.3 cm³/mol. The lowest BCUT2D eigenvalue weighted by Gasteiger charge is -2.21. The third-order valence-corrected chi connectivity index (χ3v) is 5.10. The summed E-state index contributed by atoms with van der Waals surface area (Å²) >= 11 is 17.9. The third kappa shape index (κ3) is 5.50. The summed E-state index contributed by atoms with van der Waals surface area (Å²) in [6.07, 6.45) is 1.86. The second-order valence-electron chi connectivity index (χ2n) is 5.71. The number of carboxylic acid groups (broad SMARTS) is 1. The molecular formula is C17H19Cl3O6. The van der Waals surface area contributed by atoms with E-state index in [2.05, 4.69) is 4.74 Å². The Morgan fingerprint density at radius 2 is 1.69 bits per heavy atom. The summed E-state index contributed by atoms with van der Waals surface area (Å²) in [6.45, 7) is 6.15. The highest BCUT2D eigenvalue weighted by Gasteiger charge is 2.28. The number of halogens is 3. The number of ether oxygens (including phenoxy) is 2. The monoisotopic (exact) mass is 424 g/mol. The molecule has 0 amide bonds. The van der Waals surface area contributed by atoms with Gasteiger partial charge in [0.1, 0.15) is 5.56 Å². The summed E-state index contributed by atoms with van der Waals surface area (Å²) in [5.74, 6) is -4.43. The molecule has 0 saturated carbocycles. The minimum atomic E-state index is -1.85. The van der Waals surface area contributed by atoms with Crippen molar-refractivity contribution in [2.75, 3.05) is 6.61 Å². The van der Waals surface area contributed by atoms with E-state index in [1.165, 1.54) is 0 Å². The lowest BCUT2D eigenvalue weighted by atomic mass is 9.90. The average Bonchev–Trinajstić information content (AvgIpc) is 2.58. The van der Waals surface area contributed by atoms with Crippen LogP contribution in [-0.4, -0.2) is 29.6 Å². The summed E-state index contributed by atoms with van der Waals surface area (Å²) in [6, 6.07) is 1.14. The van der Waals surface area contributed by atoms with E-state index in [-0.39, 0.29) is 27.6 Å². The molecule has 9 heteroatoms. The van der Waals surface area contributed by atoms with Gasteiger partial charge in [0.25, 0.3) is 0 Å². The molecule has 0 aliphatic carbocycles. The van der Waals surface area contributed by atoms with Gasteiger partial charge in [-0.1, -0.05) is 68.4 Å². The molecule has 0 spiro atoms. The molecule has 1 atom stereocenters. The van der Waals surface area contributed by atoms with Gasteiger partial charge in [-0.05, 0) is 17.9 Å². The molecule has 144 valence electrons. The molecule has 0 radical (unpaired) electrons. The summed E-state index contributed by atoms with van der Waals surface area (Å²) in [4.78, 5) is 34.6. The number of carboxylic acids is 1. The number of carbonyl (C=O) groups excluding carboxylic acids is 2. The number of esters is 2. The smallest absolute Gasteiger partial charge is 0.422 e. The fourth-order valence-electron chi connectivity index (χ4n) is 2.51. The molecule has 0 saturated heterocycles. The Bertz CT molecular complexity index is 700. The van der Waals surface area contributed by atoms with Gasteiger partial charge in [-0.15, -0.1) is 0 Å². The van der Waals surface area contributed by atoms with Crippen LogP contribution in [0, 0.1) is 11.8 Å². The van der Waals surface area contributed by atoms with Crippen molar-refractivity contribution in [3.05, 3.63) is 26.7 Å². The van der Waals surface area contributed by atoms with E-state index in [4.69, 9.17) is 44.6 Å². The molecule has 0 aromatic heterocycles. The molecular weight excluding hydrogens is 407 g/mol. The van der Waals surface area contributed by atoms with Gasteiger partial charge in [0.05, 0.1) is 21.7 Å². The van der Waals surface area contributed by atoms with Gasteiger partial charge < -0.3 is 14.6 Å². The maximum Gasteiger partial charge on any atom is 0.422 e. The van der Waals surface area contributed by atoms with Crippen molar-refractivity contribution in [2.45, 2.75) is 33.6 Å². The van der Waals surface area contributed by atoms with Gasteiger partial charge in [0.15, 0.2) is 5.75 Å². The van der Waals surface area contributed by atoms with Crippen LogP contribution in [0.1, 0.15) is 44.0 Å². The average molecular weight is 426 g/mol. The Balaban J connectivity index is 3.14. The first-order chi connectivity index (χ1) is 12.1. The van der Waals surface area contributed by atoms with Crippen molar-refractivity contribution in [3.63, 3.8) is 0 Å². The van der Waals surface area contributed by atoms with Crippen molar-refractivity contribution in [1.29, 1.82) is 0 Å². The van der Waals surface area contributed by atoms with Gasteiger partial charge in [0.2, 0.25) is 0 Å². The van der Waals surface area contributed by atoms with E-state index in [0.29, 0.717) is 5.92 Å². The van der Waals surface area contributed by atoms with Crippen molar-refractivity contribution < 1.29 is 29.0 Å². The molecule has 1 aromatic carbocycles. The standard InChI is InChI=1S/C17H19Cl3O6/c1-4-9(5-2)8(3)7-25-16(23)12-13(20)10(18)6-11(19)14(12)26-17(24)15(21)22/h6,8-9H,4-5,7H2,1-3H3,(H,21,22). The zero-order chi connectivity index (χ0) is 20.0. The van der Waals surface area contributed by atoms with Crippen molar-refractivity contribution >= 4 is 52.7 Å². The number of benzene rings is 1. The van der Waals surface area contributed by atoms with Crippen LogP contribution < -0.4 is 4.74 Å². The van der Waals surface area contributed by atoms with Crippen LogP contribution in [0.25, 0.3) is 0 Å². The Morgan fingerprint density at radius 1 is 1.12 bits per heavy atom. The Morgan fingerprint density at radius 3 is 2.19 bits per heavy atom. The maximum atomic E-state index is 12.5. The molecule has 6 nitrogen and oxygen atoms in total. The van der Waals surface area contributed by atoms with Gasteiger partial charge >= 0.3 is 17.9 Å². The molecule has 0 aliphatic heterocycles. The number of hydrogen-bond donors (Lipinski definition) is 1. The fourth-order valence-corrected chi connectivity index (χ4v) is 3.23. The first-order valence-electron chi connectivity index (χ1n) is 7.93. The largest absolute Gasteiger partial charge is 0.473 e. The summed E-state index contributed by atoms with van der Waals surface area (Å²) in [7, 11) is 0. The number of carbonyl (C=O) groups is 3.